The van der Waals surface area contributed by atoms with Crippen LogP contribution in [0.5, 0.6) is 0 Å². The number of hydrogen-bond acceptors (Lipinski definition) is 6. The molecule has 2 aromatic rings. The quantitative estimate of drug-likeness (QED) is 0.685. The molecule has 136 valence electrons. The summed E-state index contributed by atoms with van der Waals surface area (Å²) in [6.07, 6.45) is 8.49. The summed E-state index contributed by atoms with van der Waals surface area (Å²) in [6.45, 7) is -0.224. The molecule has 2 aromatic heterocycles. The van der Waals surface area contributed by atoms with Crippen LogP contribution in [0.1, 0.15) is 49.0 Å². The zero-order valence-corrected chi connectivity index (χ0v) is 16.0. The minimum Gasteiger partial charge on any atom is -0.451 e. The van der Waals surface area contributed by atoms with E-state index in [1.54, 1.807) is 16.7 Å². The Kier molecular flexibility index (Phi) is 5.17. The lowest BCUT2D eigenvalue weighted by molar-refractivity contribution is -0.133. The third kappa shape index (κ3) is 3.88. The van der Waals surface area contributed by atoms with Crippen LogP contribution in [0.2, 0.25) is 0 Å². The standard InChI is InChI=1S/C19H20N2O3S2/c22-17(21(15-6-7-15)14-4-2-1-3-5-14)10-24-19(23)16-12-26-18(20-16)13-8-9-25-11-13/h4,8-9,11-12,15H,1-3,5-7,10H2. The first kappa shape index (κ1) is 17.4. The van der Waals surface area contributed by atoms with Crippen molar-refractivity contribution in [2.45, 2.75) is 44.6 Å². The van der Waals surface area contributed by atoms with Gasteiger partial charge in [-0.05, 0) is 50.0 Å². The van der Waals surface area contributed by atoms with Crippen LogP contribution in [0.25, 0.3) is 10.6 Å². The molecule has 26 heavy (non-hydrogen) atoms. The lowest BCUT2D eigenvalue weighted by Gasteiger charge is -2.27. The van der Waals surface area contributed by atoms with Gasteiger partial charge >= 0.3 is 5.97 Å². The lowest BCUT2D eigenvalue weighted by atomic mass is 10.0. The topological polar surface area (TPSA) is 59.5 Å². The fourth-order valence-electron chi connectivity index (χ4n) is 3.13. The number of ether oxygens (including phenoxy) is 1. The molecule has 7 heteroatoms. The van der Waals surface area contributed by atoms with Gasteiger partial charge in [0.15, 0.2) is 12.3 Å². The van der Waals surface area contributed by atoms with Crippen molar-refractivity contribution in [1.29, 1.82) is 0 Å². The number of carbonyl (C=O) groups is 2. The van der Waals surface area contributed by atoms with E-state index in [4.69, 9.17) is 4.74 Å². The Morgan fingerprint density at radius 1 is 1.27 bits per heavy atom. The molecule has 0 radical (unpaired) electrons. The molecule has 0 N–H and O–H groups in total. The van der Waals surface area contributed by atoms with Crippen LogP contribution in [0.3, 0.4) is 0 Å². The van der Waals surface area contributed by atoms with Gasteiger partial charge in [0.05, 0.1) is 0 Å². The predicted octanol–water partition coefficient (Wildman–Crippen LogP) is 4.48. The van der Waals surface area contributed by atoms with Gasteiger partial charge < -0.3 is 9.64 Å². The number of rotatable bonds is 6. The number of aromatic nitrogens is 1. The Morgan fingerprint density at radius 2 is 2.15 bits per heavy atom. The third-order valence-electron chi connectivity index (χ3n) is 4.57. The number of allylic oxidation sites excluding steroid dienone is 2. The average Bonchev–Trinajstić information content (AvgIpc) is 3.15. The SMILES string of the molecule is O=C(OCC(=O)N(C1=CCCCC1)C1CC1)c1csc(-c2ccsc2)n1. The van der Waals surface area contributed by atoms with Crippen LogP contribution in [-0.2, 0) is 9.53 Å². The summed E-state index contributed by atoms with van der Waals surface area (Å²) < 4.78 is 5.26. The van der Waals surface area contributed by atoms with Gasteiger partial charge in [0, 0.05) is 28.1 Å². The highest BCUT2D eigenvalue weighted by molar-refractivity contribution is 7.14. The fourth-order valence-corrected chi connectivity index (χ4v) is 4.63. The van der Waals surface area contributed by atoms with E-state index >= 15 is 0 Å². The first-order valence-corrected chi connectivity index (χ1v) is 10.7. The normalized spacial score (nSPS) is 16.8. The summed E-state index contributed by atoms with van der Waals surface area (Å²) in [7, 11) is 0. The zero-order valence-electron chi connectivity index (χ0n) is 14.3. The van der Waals surface area contributed by atoms with E-state index < -0.39 is 5.97 Å². The van der Waals surface area contributed by atoms with Crippen molar-refractivity contribution in [3.8, 4) is 10.6 Å². The summed E-state index contributed by atoms with van der Waals surface area (Å²) in [5, 5.41) is 6.43. The molecule has 0 spiro atoms. The second-order valence-electron chi connectivity index (χ2n) is 6.56. The Labute approximate surface area is 160 Å². The molecular weight excluding hydrogens is 368 g/mol. The Balaban J connectivity index is 1.37. The summed E-state index contributed by atoms with van der Waals surface area (Å²) in [5.74, 6) is -0.660. The van der Waals surface area contributed by atoms with Crippen molar-refractivity contribution in [3.63, 3.8) is 0 Å². The summed E-state index contributed by atoms with van der Waals surface area (Å²) in [6, 6.07) is 2.25. The largest absolute Gasteiger partial charge is 0.451 e. The molecule has 1 fully saturated rings. The number of esters is 1. The van der Waals surface area contributed by atoms with Crippen LogP contribution >= 0.6 is 22.7 Å². The molecular formula is C19H20N2O3S2. The Bertz CT molecular complexity index is 822. The van der Waals surface area contributed by atoms with Crippen LogP contribution in [0.4, 0.5) is 0 Å². The summed E-state index contributed by atoms with van der Waals surface area (Å²) >= 11 is 2.99. The molecule has 0 aliphatic heterocycles. The minimum atomic E-state index is -0.538. The monoisotopic (exact) mass is 388 g/mol. The van der Waals surface area contributed by atoms with Crippen molar-refractivity contribution in [2.75, 3.05) is 6.61 Å². The maximum atomic E-state index is 12.6. The van der Waals surface area contributed by atoms with Gasteiger partial charge in [0.2, 0.25) is 0 Å². The van der Waals surface area contributed by atoms with E-state index in [1.165, 1.54) is 17.8 Å². The number of thiophene rings is 1. The van der Waals surface area contributed by atoms with E-state index in [9.17, 15) is 9.59 Å². The van der Waals surface area contributed by atoms with Gasteiger partial charge in [-0.25, -0.2) is 9.78 Å². The van der Waals surface area contributed by atoms with E-state index in [-0.39, 0.29) is 24.2 Å². The fraction of sp³-hybridized carbons (Fsp3) is 0.421. The van der Waals surface area contributed by atoms with E-state index in [2.05, 4.69) is 11.1 Å². The number of amides is 1. The summed E-state index contributed by atoms with van der Waals surface area (Å²) in [4.78, 5) is 31.1. The molecule has 5 nitrogen and oxygen atoms in total. The number of nitrogens with zero attached hydrogens (tertiary/aromatic N) is 2. The van der Waals surface area contributed by atoms with Gasteiger partial charge in [-0.1, -0.05) is 6.08 Å². The van der Waals surface area contributed by atoms with Gasteiger partial charge in [0.1, 0.15) is 5.01 Å². The maximum Gasteiger partial charge on any atom is 0.358 e. The second kappa shape index (κ2) is 7.72. The molecule has 0 aromatic carbocycles. The molecule has 0 saturated heterocycles. The number of hydrogen-bond donors (Lipinski definition) is 0. The molecule has 1 amide bonds. The van der Waals surface area contributed by atoms with Crippen LogP contribution in [0, 0.1) is 0 Å². The lowest BCUT2D eigenvalue weighted by Crippen LogP contribution is -2.36. The summed E-state index contributed by atoms with van der Waals surface area (Å²) in [5.41, 5.74) is 2.37. The van der Waals surface area contributed by atoms with Crippen LogP contribution < -0.4 is 0 Å². The highest BCUT2D eigenvalue weighted by Crippen LogP contribution is 2.33. The van der Waals surface area contributed by atoms with E-state index in [0.29, 0.717) is 0 Å². The van der Waals surface area contributed by atoms with Crippen molar-refractivity contribution in [3.05, 3.63) is 39.7 Å². The molecule has 0 atom stereocenters. The van der Waals surface area contributed by atoms with Crippen molar-refractivity contribution < 1.29 is 14.3 Å². The smallest absolute Gasteiger partial charge is 0.358 e. The third-order valence-corrected chi connectivity index (χ3v) is 6.14. The molecule has 2 aliphatic rings. The van der Waals surface area contributed by atoms with Gasteiger partial charge in [-0.15, -0.1) is 11.3 Å². The van der Waals surface area contributed by atoms with Crippen molar-refractivity contribution in [2.24, 2.45) is 0 Å². The number of thiazole rings is 1. The Morgan fingerprint density at radius 3 is 2.85 bits per heavy atom. The molecule has 1 saturated carbocycles. The molecule has 2 aliphatic carbocycles. The van der Waals surface area contributed by atoms with Gasteiger partial charge in [0.25, 0.3) is 5.91 Å². The highest BCUT2D eigenvalue weighted by atomic mass is 32.1. The second-order valence-corrected chi connectivity index (χ2v) is 8.20. The van der Waals surface area contributed by atoms with Crippen LogP contribution in [0.15, 0.2) is 34.0 Å². The van der Waals surface area contributed by atoms with Crippen molar-refractivity contribution in [1.82, 2.24) is 9.88 Å². The van der Waals surface area contributed by atoms with Crippen LogP contribution in [-0.4, -0.2) is 34.4 Å². The van der Waals surface area contributed by atoms with Gasteiger partial charge in [-0.2, -0.15) is 11.3 Å². The molecule has 4 rings (SSSR count). The first-order valence-electron chi connectivity index (χ1n) is 8.88. The highest BCUT2D eigenvalue weighted by Gasteiger charge is 2.35. The predicted molar refractivity (Wildman–Crippen MR) is 102 cm³/mol. The Hall–Kier alpha value is -1.99. The van der Waals surface area contributed by atoms with E-state index in [1.807, 2.05) is 21.7 Å². The maximum absolute atomic E-state index is 12.6. The number of carbonyl (C=O) groups excluding carboxylic acids is 2. The molecule has 0 bridgehead atoms. The first-order chi connectivity index (χ1) is 12.7. The van der Waals surface area contributed by atoms with Gasteiger partial charge in [-0.3, -0.25) is 4.79 Å². The van der Waals surface area contributed by atoms with E-state index in [0.717, 1.165) is 48.4 Å². The molecule has 0 unspecified atom stereocenters. The zero-order chi connectivity index (χ0) is 17.9. The minimum absolute atomic E-state index is 0.123. The molecule has 2 heterocycles. The van der Waals surface area contributed by atoms with Crippen molar-refractivity contribution >= 4 is 34.6 Å². The average molecular weight is 389 g/mol.